The Morgan fingerprint density at radius 3 is 3.00 bits per heavy atom. The zero-order valence-electron chi connectivity index (χ0n) is 13.0. The number of fused-ring (bicyclic) bond motifs is 1. The van der Waals surface area contributed by atoms with E-state index in [4.69, 9.17) is 6.11 Å². The van der Waals surface area contributed by atoms with Crippen LogP contribution < -0.4 is 0 Å². The maximum atomic E-state index is 12.9. The average Bonchev–Trinajstić information content (AvgIpc) is 2.50. The van der Waals surface area contributed by atoms with E-state index < -0.39 is 11.4 Å². The highest BCUT2D eigenvalue weighted by Crippen LogP contribution is 2.40. The smallest absolute Gasteiger partial charge is 0.320 e. The first kappa shape index (κ1) is 13.3. The molecule has 0 saturated heterocycles. The highest BCUT2D eigenvalue weighted by Gasteiger charge is 2.49. The number of Topliss-reactive ketones (excluding diaryl/α,β-unsaturated/α-hetero) is 1. The van der Waals surface area contributed by atoms with Crippen molar-refractivity contribution in [2.24, 2.45) is 5.41 Å². The molecule has 0 radical (unpaired) electrons. The molecule has 1 unspecified atom stereocenters. The van der Waals surface area contributed by atoms with E-state index in [-0.39, 0.29) is 12.4 Å². The van der Waals surface area contributed by atoms with Crippen molar-refractivity contribution in [2.75, 3.05) is 6.61 Å². The minimum atomic E-state index is -1.04. The molecule has 2 rings (SSSR count). The molecule has 1 aromatic carbocycles. The predicted octanol–water partition coefficient (Wildman–Crippen LogP) is 3.56. The van der Waals surface area contributed by atoms with Gasteiger partial charge in [0.05, 0.1) is 6.61 Å². The summed E-state index contributed by atoms with van der Waals surface area (Å²) in [6, 6.07) is 7.51. The van der Waals surface area contributed by atoms with E-state index in [0.717, 1.165) is 12.0 Å². The second kappa shape index (κ2) is 6.21. The third kappa shape index (κ3) is 2.49. The molecule has 108 valence electrons. The van der Waals surface area contributed by atoms with Crippen molar-refractivity contribution in [3.63, 3.8) is 0 Å². The first-order chi connectivity index (χ1) is 10.2. The van der Waals surface area contributed by atoms with Gasteiger partial charge in [-0.3, -0.25) is 9.59 Å². The fourth-order valence-electron chi connectivity index (χ4n) is 2.91. The molecule has 0 spiro atoms. The molecule has 0 saturated carbocycles. The molecule has 0 N–H and O–H groups in total. The second-order valence-corrected chi connectivity index (χ2v) is 5.25. The molecule has 3 nitrogen and oxygen atoms in total. The summed E-state index contributed by atoms with van der Waals surface area (Å²) < 4.78 is 12.4. The van der Waals surface area contributed by atoms with Gasteiger partial charge in [-0.15, -0.1) is 0 Å². The highest BCUT2D eigenvalue weighted by atomic mass is 16.5. The lowest BCUT2D eigenvalue weighted by atomic mass is 9.68. The van der Waals surface area contributed by atoms with Crippen LogP contribution >= 0.6 is 0 Å². The molecule has 20 heavy (non-hydrogen) atoms. The summed E-state index contributed by atoms with van der Waals surface area (Å²) in [5, 5.41) is 0. The molecule has 0 amide bonds. The molecule has 0 fully saturated rings. The lowest BCUT2D eigenvalue weighted by Gasteiger charge is -2.34. The number of benzene rings is 1. The number of esters is 1. The van der Waals surface area contributed by atoms with Crippen molar-refractivity contribution in [3.05, 3.63) is 35.4 Å². The van der Waals surface area contributed by atoms with Crippen molar-refractivity contribution in [1.29, 1.82) is 0 Å². The number of hydrogen-bond donors (Lipinski definition) is 0. The van der Waals surface area contributed by atoms with Crippen molar-refractivity contribution in [1.82, 2.24) is 0 Å². The number of aryl methyl sites for hydroxylation is 1. The van der Waals surface area contributed by atoms with Crippen LogP contribution in [-0.2, 0) is 16.0 Å². The van der Waals surface area contributed by atoms with Crippen LogP contribution in [0.25, 0.3) is 0 Å². The van der Waals surface area contributed by atoms with E-state index in [1.54, 1.807) is 13.0 Å². The largest absolute Gasteiger partial charge is 0.465 e. The third-order valence-electron chi connectivity index (χ3n) is 4.04. The van der Waals surface area contributed by atoms with Gasteiger partial charge in [-0.25, -0.2) is 0 Å². The van der Waals surface area contributed by atoms with Crippen LogP contribution in [0.5, 0.6) is 0 Å². The number of ketones is 1. The Morgan fingerprint density at radius 2 is 2.25 bits per heavy atom. The fourth-order valence-corrected chi connectivity index (χ4v) is 2.91. The lowest BCUT2D eigenvalue weighted by Crippen LogP contribution is -2.44. The zero-order chi connectivity index (χ0) is 15.3. The molecule has 1 aliphatic rings. The van der Waals surface area contributed by atoms with Crippen molar-refractivity contribution >= 4 is 11.8 Å². The average molecular weight is 275 g/mol. The lowest BCUT2D eigenvalue weighted by molar-refractivity contribution is -0.153. The zero-order valence-corrected chi connectivity index (χ0v) is 12.0. The van der Waals surface area contributed by atoms with Gasteiger partial charge in [-0.2, -0.15) is 0 Å². The number of rotatable bonds is 5. The van der Waals surface area contributed by atoms with Crippen LogP contribution in [0.4, 0.5) is 0 Å². The normalized spacial score (nSPS) is 22.1. The molecule has 0 aliphatic heterocycles. The van der Waals surface area contributed by atoms with E-state index in [2.05, 4.69) is 0 Å². The second-order valence-electron chi connectivity index (χ2n) is 5.25. The Hall–Kier alpha value is -1.64. The maximum absolute atomic E-state index is 12.9. The maximum Gasteiger partial charge on any atom is 0.320 e. The van der Waals surface area contributed by atoms with Crippen LogP contribution in [0.15, 0.2) is 24.3 Å². The summed E-state index contributed by atoms with van der Waals surface area (Å²) in [5.74, 6) is -0.498. The molecule has 0 heterocycles. The Balaban J connectivity index is 2.32. The minimum absolute atomic E-state index is 0.104. The van der Waals surface area contributed by atoms with E-state index in [1.165, 1.54) is 0 Å². The first-order valence-electron chi connectivity index (χ1n) is 7.95. The van der Waals surface area contributed by atoms with Gasteiger partial charge in [0.2, 0.25) is 0 Å². The molecular weight excluding hydrogens is 252 g/mol. The van der Waals surface area contributed by atoms with E-state index >= 15 is 0 Å². The number of carbonyl (C=O) groups is 2. The summed E-state index contributed by atoms with van der Waals surface area (Å²) in [6.45, 7) is 2.37. The molecule has 0 aromatic heterocycles. The third-order valence-corrected chi connectivity index (χ3v) is 4.04. The number of carbonyl (C=O) groups excluding carboxylic acids is 2. The summed E-state index contributed by atoms with van der Waals surface area (Å²) in [7, 11) is 0. The van der Waals surface area contributed by atoms with E-state index in [0.29, 0.717) is 38.1 Å². The van der Waals surface area contributed by atoms with Gasteiger partial charge < -0.3 is 4.74 Å². The SMILES string of the molecule is [2H]CCCCC1(C(=O)OCC)CCc2ccccc2C1=O. The van der Waals surface area contributed by atoms with Crippen molar-refractivity contribution in [2.45, 2.75) is 45.9 Å². The monoisotopic (exact) mass is 275 g/mol. The van der Waals surface area contributed by atoms with Crippen LogP contribution in [0.1, 0.15) is 56.8 Å². The summed E-state index contributed by atoms with van der Waals surface area (Å²) in [5.41, 5.74) is 0.630. The molecular formula is C17H22O3. The number of hydrogen-bond acceptors (Lipinski definition) is 3. The Labute approximate surface area is 121 Å². The van der Waals surface area contributed by atoms with Crippen LogP contribution in [0, 0.1) is 5.41 Å². The van der Waals surface area contributed by atoms with Gasteiger partial charge in [-0.05, 0) is 31.7 Å². The summed E-state index contributed by atoms with van der Waals surface area (Å²) in [4.78, 5) is 25.3. The van der Waals surface area contributed by atoms with Gasteiger partial charge in [0.1, 0.15) is 5.41 Å². The van der Waals surface area contributed by atoms with Crippen LogP contribution in [0.3, 0.4) is 0 Å². The molecule has 1 aromatic rings. The molecule has 1 aliphatic carbocycles. The first-order valence-corrected chi connectivity index (χ1v) is 7.25. The Kier molecular flexibility index (Phi) is 4.14. The quantitative estimate of drug-likeness (QED) is 0.469. The van der Waals surface area contributed by atoms with Gasteiger partial charge in [0.15, 0.2) is 5.78 Å². The predicted molar refractivity (Wildman–Crippen MR) is 77.7 cm³/mol. The van der Waals surface area contributed by atoms with E-state index in [1.807, 2.05) is 18.2 Å². The standard InChI is InChI=1S/C17H22O3/c1-3-5-11-17(16(19)20-4-2)12-10-13-8-6-7-9-14(13)15(17)18/h6-9H,3-5,10-12H2,1-2H3/i1D. The van der Waals surface area contributed by atoms with Gasteiger partial charge in [0.25, 0.3) is 0 Å². The summed E-state index contributed by atoms with van der Waals surface area (Å²) >= 11 is 0. The van der Waals surface area contributed by atoms with Crippen molar-refractivity contribution < 1.29 is 15.7 Å². The fraction of sp³-hybridized carbons (Fsp3) is 0.529. The molecule has 0 bridgehead atoms. The van der Waals surface area contributed by atoms with Crippen LogP contribution in [0.2, 0.25) is 0 Å². The van der Waals surface area contributed by atoms with E-state index in [9.17, 15) is 9.59 Å². The van der Waals surface area contributed by atoms with Gasteiger partial charge in [-0.1, -0.05) is 44.0 Å². The Bertz CT molecular complexity index is 527. The number of unbranched alkanes of at least 4 members (excludes halogenated alkanes) is 1. The van der Waals surface area contributed by atoms with Gasteiger partial charge >= 0.3 is 5.97 Å². The van der Waals surface area contributed by atoms with Crippen LogP contribution in [-0.4, -0.2) is 18.4 Å². The van der Waals surface area contributed by atoms with Crippen molar-refractivity contribution in [3.8, 4) is 0 Å². The Morgan fingerprint density at radius 1 is 1.45 bits per heavy atom. The topological polar surface area (TPSA) is 43.4 Å². The van der Waals surface area contributed by atoms with Gasteiger partial charge in [0, 0.05) is 6.93 Å². The minimum Gasteiger partial charge on any atom is -0.465 e. The number of ether oxygens (including phenoxy) is 1. The highest BCUT2D eigenvalue weighted by molar-refractivity contribution is 6.14. The summed E-state index contributed by atoms with van der Waals surface area (Å²) in [6.07, 6.45) is 3.13. The molecule has 3 heteroatoms. The molecule has 1 atom stereocenters.